The van der Waals surface area contributed by atoms with Gasteiger partial charge in [-0.1, -0.05) is 26.0 Å². The van der Waals surface area contributed by atoms with Gasteiger partial charge in [0.05, 0.1) is 19.0 Å². The Morgan fingerprint density at radius 1 is 1.41 bits per heavy atom. The number of amides is 2. The predicted molar refractivity (Wildman–Crippen MR) is 85.9 cm³/mol. The highest BCUT2D eigenvalue weighted by atomic mass is 16.5. The van der Waals surface area contributed by atoms with Crippen molar-refractivity contribution in [3.8, 4) is 5.75 Å². The van der Waals surface area contributed by atoms with Crippen LogP contribution in [0.15, 0.2) is 36.7 Å². The fourth-order valence-corrected chi connectivity index (χ4v) is 2.04. The molecule has 0 radical (unpaired) electrons. The van der Waals surface area contributed by atoms with Crippen LogP contribution < -0.4 is 15.4 Å². The second-order valence-corrected chi connectivity index (χ2v) is 5.50. The monoisotopic (exact) mass is 302 g/mol. The van der Waals surface area contributed by atoms with Gasteiger partial charge in [-0.05, 0) is 23.6 Å². The van der Waals surface area contributed by atoms with Crippen LogP contribution >= 0.6 is 0 Å². The van der Waals surface area contributed by atoms with Gasteiger partial charge < -0.3 is 15.4 Å². The number of aromatic nitrogens is 2. The van der Waals surface area contributed by atoms with E-state index in [9.17, 15) is 4.79 Å². The second-order valence-electron chi connectivity index (χ2n) is 5.50. The Kier molecular flexibility index (Phi) is 5.41. The zero-order chi connectivity index (χ0) is 15.9. The molecular weight excluding hydrogens is 280 g/mol. The number of hydrogen-bond acceptors (Lipinski definition) is 3. The number of carbonyl (C=O) groups is 1. The van der Waals surface area contributed by atoms with Gasteiger partial charge in [0.15, 0.2) is 0 Å². The van der Waals surface area contributed by atoms with E-state index in [1.165, 1.54) is 0 Å². The van der Waals surface area contributed by atoms with E-state index in [0.717, 1.165) is 17.9 Å². The summed E-state index contributed by atoms with van der Waals surface area (Å²) in [5.41, 5.74) is 1.66. The number of nitrogens with one attached hydrogen (secondary N) is 2. The maximum Gasteiger partial charge on any atom is 0.319 e. The summed E-state index contributed by atoms with van der Waals surface area (Å²) in [5.74, 6) is 1.28. The quantitative estimate of drug-likeness (QED) is 0.862. The molecule has 0 aliphatic rings. The third-order valence-corrected chi connectivity index (χ3v) is 3.03. The fourth-order valence-electron chi connectivity index (χ4n) is 2.04. The summed E-state index contributed by atoms with van der Waals surface area (Å²) in [6, 6.07) is 7.33. The Hall–Kier alpha value is -2.50. The van der Waals surface area contributed by atoms with Crippen molar-refractivity contribution >= 4 is 11.7 Å². The third-order valence-electron chi connectivity index (χ3n) is 3.03. The summed E-state index contributed by atoms with van der Waals surface area (Å²) in [6.07, 6.45) is 3.47. The number of carbonyl (C=O) groups excluding carboxylic acids is 1. The van der Waals surface area contributed by atoms with Crippen LogP contribution in [0.1, 0.15) is 19.4 Å². The highest BCUT2D eigenvalue weighted by molar-refractivity contribution is 5.88. The SMILES string of the molecule is COc1cccc(CNC(=O)Nc2cnn(CC(C)C)c2)c1. The van der Waals surface area contributed by atoms with E-state index in [0.29, 0.717) is 18.2 Å². The number of nitrogens with zero attached hydrogens (tertiary/aromatic N) is 2. The van der Waals surface area contributed by atoms with Gasteiger partial charge in [-0.2, -0.15) is 5.10 Å². The lowest BCUT2D eigenvalue weighted by atomic mass is 10.2. The number of methoxy groups -OCH3 is 1. The second kappa shape index (κ2) is 7.49. The maximum atomic E-state index is 11.9. The van der Waals surface area contributed by atoms with Crippen LogP contribution in [-0.2, 0) is 13.1 Å². The number of urea groups is 1. The van der Waals surface area contributed by atoms with E-state index in [1.807, 2.05) is 35.1 Å². The van der Waals surface area contributed by atoms with E-state index in [1.54, 1.807) is 13.3 Å². The van der Waals surface area contributed by atoms with E-state index in [-0.39, 0.29) is 6.03 Å². The van der Waals surface area contributed by atoms with Crippen molar-refractivity contribution in [2.75, 3.05) is 12.4 Å². The highest BCUT2D eigenvalue weighted by Gasteiger charge is 2.05. The molecule has 1 aromatic heterocycles. The number of anilines is 1. The minimum absolute atomic E-state index is 0.257. The first-order valence-electron chi connectivity index (χ1n) is 7.27. The van der Waals surface area contributed by atoms with E-state index >= 15 is 0 Å². The van der Waals surface area contributed by atoms with Gasteiger partial charge in [0.2, 0.25) is 0 Å². The molecule has 0 unspecified atom stereocenters. The average molecular weight is 302 g/mol. The predicted octanol–water partition coefficient (Wildman–Crippen LogP) is 2.87. The standard InChI is InChI=1S/C16H22N4O2/c1-12(2)10-20-11-14(9-18-20)19-16(21)17-8-13-5-4-6-15(7-13)22-3/h4-7,9,11-12H,8,10H2,1-3H3,(H2,17,19,21). The summed E-state index contributed by atoms with van der Waals surface area (Å²) in [6.45, 7) is 5.50. The van der Waals surface area contributed by atoms with E-state index in [4.69, 9.17) is 4.74 Å². The largest absolute Gasteiger partial charge is 0.497 e. The molecule has 118 valence electrons. The smallest absolute Gasteiger partial charge is 0.319 e. The van der Waals surface area contributed by atoms with Gasteiger partial charge in [0.25, 0.3) is 0 Å². The van der Waals surface area contributed by atoms with Crippen LogP contribution in [-0.4, -0.2) is 22.9 Å². The van der Waals surface area contributed by atoms with E-state index < -0.39 is 0 Å². The topological polar surface area (TPSA) is 68.2 Å². The van der Waals surface area contributed by atoms with Gasteiger partial charge in [0.1, 0.15) is 5.75 Å². The summed E-state index contributed by atoms with van der Waals surface area (Å²) >= 11 is 0. The molecule has 6 nitrogen and oxygen atoms in total. The Labute approximate surface area is 130 Å². The van der Waals surface area contributed by atoms with Crippen LogP contribution in [0, 0.1) is 5.92 Å². The molecule has 0 spiro atoms. The summed E-state index contributed by atoms with van der Waals surface area (Å²) < 4.78 is 6.97. The van der Waals surface area contributed by atoms with E-state index in [2.05, 4.69) is 29.6 Å². The van der Waals surface area contributed by atoms with Gasteiger partial charge in [-0.15, -0.1) is 0 Å². The molecular formula is C16H22N4O2. The first-order chi connectivity index (χ1) is 10.6. The lowest BCUT2D eigenvalue weighted by Crippen LogP contribution is -2.28. The molecule has 22 heavy (non-hydrogen) atoms. The number of benzene rings is 1. The summed E-state index contributed by atoms with van der Waals surface area (Å²) in [7, 11) is 1.62. The molecule has 0 bridgehead atoms. The van der Waals surface area contributed by atoms with Crippen molar-refractivity contribution in [1.29, 1.82) is 0 Å². The van der Waals surface area contributed by atoms with Crippen molar-refractivity contribution in [2.45, 2.75) is 26.9 Å². The lowest BCUT2D eigenvalue weighted by molar-refractivity contribution is 0.251. The third kappa shape index (κ3) is 4.80. The summed E-state index contributed by atoms with van der Waals surface area (Å²) in [5, 5.41) is 9.78. The van der Waals surface area contributed by atoms with Gasteiger partial charge in [-0.25, -0.2) is 4.79 Å². The first-order valence-corrected chi connectivity index (χ1v) is 7.27. The first kappa shape index (κ1) is 15.9. The minimum atomic E-state index is -0.257. The lowest BCUT2D eigenvalue weighted by Gasteiger charge is -2.07. The molecule has 2 amide bonds. The average Bonchev–Trinajstić information content (AvgIpc) is 2.91. The zero-order valence-electron chi connectivity index (χ0n) is 13.2. The molecule has 2 aromatic rings. The zero-order valence-corrected chi connectivity index (χ0v) is 13.2. The normalized spacial score (nSPS) is 10.5. The molecule has 0 saturated carbocycles. The van der Waals surface area contributed by atoms with Crippen molar-refractivity contribution in [3.63, 3.8) is 0 Å². The van der Waals surface area contributed by atoms with Crippen molar-refractivity contribution in [3.05, 3.63) is 42.2 Å². The van der Waals surface area contributed by atoms with Crippen LogP contribution in [0.2, 0.25) is 0 Å². The molecule has 2 N–H and O–H groups in total. The highest BCUT2D eigenvalue weighted by Crippen LogP contribution is 2.12. The molecule has 0 fully saturated rings. The molecule has 0 aliphatic carbocycles. The number of hydrogen-bond donors (Lipinski definition) is 2. The molecule has 0 atom stereocenters. The summed E-state index contributed by atoms with van der Waals surface area (Å²) in [4.78, 5) is 11.9. The molecule has 1 heterocycles. The number of rotatable bonds is 6. The van der Waals surface area contributed by atoms with Gasteiger partial charge >= 0.3 is 6.03 Å². The van der Waals surface area contributed by atoms with Crippen LogP contribution in [0.4, 0.5) is 10.5 Å². The molecule has 2 rings (SSSR count). The minimum Gasteiger partial charge on any atom is -0.497 e. The molecule has 0 aliphatic heterocycles. The van der Waals surface area contributed by atoms with Gasteiger partial charge in [-0.3, -0.25) is 4.68 Å². The van der Waals surface area contributed by atoms with Crippen molar-refractivity contribution in [1.82, 2.24) is 15.1 Å². The van der Waals surface area contributed by atoms with Crippen LogP contribution in [0.3, 0.4) is 0 Å². The Bertz CT molecular complexity index is 622. The van der Waals surface area contributed by atoms with Crippen LogP contribution in [0.5, 0.6) is 5.75 Å². The fraction of sp³-hybridized carbons (Fsp3) is 0.375. The number of ether oxygens (including phenoxy) is 1. The maximum absolute atomic E-state index is 11.9. The Morgan fingerprint density at radius 2 is 2.23 bits per heavy atom. The molecule has 6 heteroatoms. The molecule has 1 aromatic carbocycles. The van der Waals surface area contributed by atoms with Crippen LogP contribution in [0.25, 0.3) is 0 Å². The Morgan fingerprint density at radius 3 is 2.95 bits per heavy atom. The van der Waals surface area contributed by atoms with Gasteiger partial charge in [0, 0.05) is 19.3 Å². The van der Waals surface area contributed by atoms with Crippen molar-refractivity contribution < 1.29 is 9.53 Å². The Balaban J connectivity index is 1.83. The van der Waals surface area contributed by atoms with Crippen molar-refractivity contribution in [2.24, 2.45) is 5.92 Å². The molecule has 0 saturated heterocycles.